The maximum atomic E-state index is 4.29. The van der Waals surface area contributed by atoms with Crippen molar-refractivity contribution in [2.24, 2.45) is 4.99 Å². The van der Waals surface area contributed by atoms with Gasteiger partial charge in [0.15, 0.2) is 5.96 Å². The van der Waals surface area contributed by atoms with E-state index in [9.17, 15) is 0 Å². The Morgan fingerprint density at radius 1 is 1.04 bits per heavy atom. The SMILES string of the molecule is CN=C(NCCc1c[nH]c2ccccc12)NCc1ccc(C)cc1. The summed E-state index contributed by atoms with van der Waals surface area (Å²) >= 11 is 0. The molecule has 4 heteroatoms. The zero-order chi connectivity index (χ0) is 16.8. The fraction of sp³-hybridized carbons (Fsp3) is 0.250. The minimum Gasteiger partial charge on any atom is -0.361 e. The number of aromatic amines is 1. The molecule has 3 N–H and O–H groups in total. The van der Waals surface area contributed by atoms with Gasteiger partial charge in [0.1, 0.15) is 0 Å². The number of rotatable bonds is 5. The Balaban J connectivity index is 1.50. The van der Waals surface area contributed by atoms with Gasteiger partial charge in [-0.15, -0.1) is 0 Å². The first kappa shape index (κ1) is 16.1. The molecule has 0 aliphatic rings. The van der Waals surface area contributed by atoms with Gasteiger partial charge in [0.05, 0.1) is 0 Å². The summed E-state index contributed by atoms with van der Waals surface area (Å²) in [6.45, 7) is 3.71. The first-order valence-corrected chi connectivity index (χ1v) is 8.31. The lowest BCUT2D eigenvalue weighted by Crippen LogP contribution is -2.37. The molecule has 0 unspecified atom stereocenters. The summed E-state index contributed by atoms with van der Waals surface area (Å²) in [5.74, 6) is 0.829. The molecule has 3 rings (SSSR count). The predicted octanol–water partition coefficient (Wildman–Crippen LogP) is 3.38. The lowest BCUT2D eigenvalue weighted by molar-refractivity contribution is 0.796. The molecule has 4 nitrogen and oxygen atoms in total. The van der Waals surface area contributed by atoms with Crippen LogP contribution in [0.25, 0.3) is 10.9 Å². The van der Waals surface area contributed by atoms with E-state index in [0.29, 0.717) is 0 Å². The summed E-state index contributed by atoms with van der Waals surface area (Å²) in [6, 6.07) is 16.9. The van der Waals surface area contributed by atoms with Crippen molar-refractivity contribution < 1.29 is 0 Å². The number of nitrogens with zero attached hydrogens (tertiary/aromatic N) is 1. The van der Waals surface area contributed by atoms with Gasteiger partial charge in [-0.05, 0) is 30.5 Å². The number of hydrogen-bond donors (Lipinski definition) is 3. The molecule has 0 spiro atoms. The molecule has 124 valence electrons. The Hall–Kier alpha value is -2.75. The summed E-state index contributed by atoms with van der Waals surface area (Å²) in [7, 11) is 1.80. The molecule has 2 aromatic carbocycles. The van der Waals surface area contributed by atoms with Gasteiger partial charge in [-0.25, -0.2) is 0 Å². The maximum Gasteiger partial charge on any atom is 0.191 e. The van der Waals surface area contributed by atoms with Crippen LogP contribution in [0.5, 0.6) is 0 Å². The number of aryl methyl sites for hydroxylation is 1. The lowest BCUT2D eigenvalue weighted by Gasteiger charge is -2.12. The van der Waals surface area contributed by atoms with Gasteiger partial charge in [0.25, 0.3) is 0 Å². The van der Waals surface area contributed by atoms with Crippen molar-refractivity contribution in [2.75, 3.05) is 13.6 Å². The number of aliphatic imine (C=N–C) groups is 1. The second kappa shape index (κ2) is 7.68. The van der Waals surface area contributed by atoms with Crippen LogP contribution < -0.4 is 10.6 Å². The summed E-state index contributed by atoms with van der Waals surface area (Å²) in [5.41, 5.74) is 5.04. The van der Waals surface area contributed by atoms with E-state index >= 15 is 0 Å². The van der Waals surface area contributed by atoms with E-state index in [1.165, 1.54) is 27.6 Å². The summed E-state index contributed by atoms with van der Waals surface area (Å²) in [4.78, 5) is 7.61. The Kier molecular flexibility index (Phi) is 5.16. The molecule has 0 fully saturated rings. The molecule has 0 atom stereocenters. The minimum atomic E-state index is 0.771. The van der Waals surface area contributed by atoms with Crippen LogP contribution in [0, 0.1) is 6.92 Å². The van der Waals surface area contributed by atoms with Crippen LogP contribution in [0.3, 0.4) is 0 Å². The second-order valence-corrected chi connectivity index (χ2v) is 5.95. The van der Waals surface area contributed by atoms with Gasteiger partial charge < -0.3 is 15.6 Å². The Morgan fingerprint density at radius 2 is 1.83 bits per heavy atom. The van der Waals surface area contributed by atoms with Crippen molar-refractivity contribution in [2.45, 2.75) is 19.9 Å². The third kappa shape index (κ3) is 3.96. The highest BCUT2D eigenvalue weighted by molar-refractivity contribution is 5.83. The number of nitrogens with one attached hydrogen (secondary N) is 3. The third-order valence-corrected chi connectivity index (χ3v) is 4.17. The van der Waals surface area contributed by atoms with Gasteiger partial charge in [-0.1, -0.05) is 48.0 Å². The van der Waals surface area contributed by atoms with Crippen molar-refractivity contribution in [1.29, 1.82) is 0 Å². The maximum absolute atomic E-state index is 4.29. The molecule has 0 saturated heterocycles. The number of benzene rings is 2. The average molecular weight is 320 g/mol. The van der Waals surface area contributed by atoms with Crippen molar-refractivity contribution >= 4 is 16.9 Å². The van der Waals surface area contributed by atoms with Crippen molar-refractivity contribution in [3.05, 3.63) is 71.4 Å². The molecule has 0 aliphatic heterocycles. The van der Waals surface area contributed by atoms with E-state index in [2.05, 4.69) is 82.3 Å². The Morgan fingerprint density at radius 3 is 2.62 bits per heavy atom. The Bertz CT molecular complexity index is 815. The molecule has 3 aromatic rings. The fourth-order valence-corrected chi connectivity index (χ4v) is 2.77. The average Bonchev–Trinajstić information content (AvgIpc) is 3.02. The topological polar surface area (TPSA) is 52.2 Å². The van der Waals surface area contributed by atoms with Crippen LogP contribution in [0.15, 0.2) is 59.7 Å². The molecule has 0 aliphatic carbocycles. The second-order valence-electron chi connectivity index (χ2n) is 5.95. The van der Waals surface area contributed by atoms with Crippen molar-refractivity contribution in [1.82, 2.24) is 15.6 Å². The highest BCUT2D eigenvalue weighted by atomic mass is 15.2. The van der Waals surface area contributed by atoms with E-state index in [0.717, 1.165) is 25.5 Å². The van der Waals surface area contributed by atoms with Crippen LogP contribution in [-0.4, -0.2) is 24.5 Å². The van der Waals surface area contributed by atoms with Crippen LogP contribution in [-0.2, 0) is 13.0 Å². The lowest BCUT2D eigenvalue weighted by atomic mass is 10.1. The van der Waals surface area contributed by atoms with Gasteiger partial charge >= 0.3 is 0 Å². The molecule has 0 saturated carbocycles. The standard InChI is InChI=1S/C20H24N4/c1-15-7-9-16(10-8-15)13-24-20(21-2)22-12-11-17-14-23-19-6-4-3-5-18(17)19/h3-10,14,23H,11-13H2,1-2H3,(H2,21,22,24). The highest BCUT2D eigenvalue weighted by Crippen LogP contribution is 2.17. The van der Waals surface area contributed by atoms with E-state index in [-0.39, 0.29) is 0 Å². The number of fused-ring (bicyclic) bond motifs is 1. The molecule has 0 bridgehead atoms. The van der Waals surface area contributed by atoms with Gasteiger partial charge in [0.2, 0.25) is 0 Å². The molecule has 0 amide bonds. The minimum absolute atomic E-state index is 0.771. The first-order valence-electron chi connectivity index (χ1n) is 8.31. The summed E-state index contributed by atoms with van der Waals surface area (Å²) in [6.07, 6.45) is 3.05. The normalized spacial score (nSPS) is 11.7. The third-order valence-electron chi connectivity index (χ3n) is 4.17. The molecule has 0 radical (unpaired) electrons. The fourth-order valence-electron chi connectivity index (χ4n) is 2.77. The molecular formula is C20H24N4. The molecular weight excluding hydrogens is 296 g/mol. The highest BCUT2D eigenvalue weighted by Gasteiger charge is 2.03. The van der Waals surface area contributed by atoms with Crippen molar-refractivity contribution in [3.63, 3.8) is 0 Å². The zero-order valence-electron chi connectivity index (χ0n) is 14.3. The van der Waals surface area contributed by atoms with Crippen LogP contribution in [0.4, 0.5) is 0 Å². The number of H-pyrrole nitrogens is 1. The van der Waals surface area contributed by atoms with Gasteiger partial charge in [-0.3, -0.25) is 4.99 Å². The van der Waals surface area contributed by atoms with Crippen molar-refractivity contribution in [3.8, 4) is 0 Å². The number of hydrogen-bond acceptors (Lipinski definition) is 1. The zero-order valence-corrected chi connectivity index (χ0v) is 14.3. The number of aromatic nitrogens is 1. The Labute approximate surface area is 143 Å². The summed E-state index contributed by atoms with van der Waals surface area (Å²) < 4.78 is 0. The predicted molar refractivity (Wildman–Crippen MR) is 101 cm³/mol. The van der Waals surface area contributed by atoms with Crippen LogP contribution in [0.1, 0.15) is 16.7 Å². The quantitative estimate of drug-likeness (QED) is 0.498. The molecule has 24 heavy (non-hydrogen) atoms. The van der Waals surface area contributed by atoms with E-state index in [4.69, 9.17) is 0 Å². The number of para-hydroxylation sites is 1. The smallest absolute Gasteiger partial charge is 0.191 e. The van der Waals surface area contributed by atoms with Crippen LogP contribution in [0.2, 0.25) is 0 Å². The van der Waals surface area contributed by atoms with Gasteiger partial charge in [0, 0.05) is 37.2 Å². The molecule has 1 heterocycles. The number of guanidine groups is 1. The largest absolute Gasteiger partial charge is 0.361 e. The van der Waals surface area contributed by atoms with E-state index < -0.39 is 0 Å². The monoisotopic (exact) mass is 320 g/mol. The van der Waals surface area contributed by atoms with E-state index in [1.807, 2.05) is 0 Å². The molecule has 1 aromatic heterocycles. The van der Waals surface area contributed by atoms with Crippen LogP contribution >= 0.6 is 0 Å². The van der Waals surface area contributed by atoms with E-state index in [1.54, 1.807) is 7.05 Å². The first-order chi connectivity index (χ1) is 11.8. The van der Waals surface area contributed by atoms with Gasteiger partial charge in [-0.2, -0.15) is 0 Å². The summed E-state index contributed by atoms with van der Waals surface area (Å²) in [5, 5.41) is 8.03.